The molecule has 0 aliphatic carbocycles. The molecular weight excluding hydrogens is 190 g/mol. The van der Waals surface area contributed by atoms with E-state index in [0.29, 0.717) is 31.0 Å². The second-order valence-electron chi connectivity index (χ2n) is 3.04. The van der Waals surface area contributed by atoms with Crippen LogP contribution in [0.25, 0.3) is 0 Å². The Morgan fingerprint density at radius 1 is 1.53 bits per heavy atom. The summed E-state index contributed by atoms with van der Waals surface area (Å²) in [6, 6.07) is 7.23. The van der Waals surface area contributed by atoms with Crippen molar-refractivity contribution in [2.45, 2.75) is 6.92 Å². The third-order valence-corrected chi connectivity index (χ3v) is 1.95. The zero-order valence-electron chi connectivity index (χ0n) is 8.79. The average molecular weight is 205 g/mol. The van der Waals surface area contributed by atoms with Gasteiger partial charge in [0.05, 0.1) is 29.6 Å². The van der Waals surface area contributed by atoms with Crippen LogP contribution in [-0.4, -0.2) is 19.8 Å². The summed E-state index contributed by atoms with van der Waals surface area (Å²) in [6.45, 7) is 3.97. The fourth-order valence-electron chi connectivity index (χ4n) is 1.18. The largest absolute Gasteiger partial charge is 0.397 e. The lowest BCUT2D eigenvalue weighted by Crippen LogP contribution is -2.10. The first-order valence-electron chi connectivity index (χ1n) is 4.89. The second-order valence-corrected chi connectivity index (χ2v) is 3.04. The van der Waals surface area contributed by atoms with Crippen molar-refractivity contribution in [2.75, 3.05) is 30.8 Å². The van der Waals surface area contributed by atoms with Gasteiger partial charge in [-0.2, -0.15) is 5.26 Å². The number of nitrogen functional groups attached to an aromatic ring is 1. The molecule has 0 saturated carbocycles. The summed E-state index contributed by atoms with van der Waals surface area (Å²) in [5.41, 5.74) is 7.78. The van der Waals surface area contributed by atoms with Crippen molar-refractivity contribution in [3.63, 3.8) is 0 Å². The predicted octanol–water partition coefficient (Wildman–Crippen LogP) is 1.59. The molecule has 4 heteroatoms. The molecule has 0 bridgehead atoms. The van der Waals surface area contributed by atoms with Gasteiger partial charge in [0, 0.05) is 13.2 Å². The summed E-state index contributed by atoms with van der Waals surface area (Å²) in [5.74, 6) is 0. The fourth-order valence-corrected chi connectivity index (χ4v) is 1.18. The molecule has 0 unspecified atom stereocenters. The first-order chi connectivity index (χ1) is 7.27. The fraction of sp³-hybridized carbons (Fsp3) is 0.364. The van der Waals surface area contributed by atoms with Crippen LogP contribution in [-0.2, 0) is 4.74 Å². The van der Waals surface area contributed by atoms with Gasteiger partial charge < -0.3 is 15.8 Å². The van der Waals surface area contributed by atoms with Crippen LogP contribution < -0.4 is 11.1 Å². The molecule has 1 rings (SSSR count). The Balaban J connectivity index is 2.56. The van der Waals surface area contributed by atoms with Crippen LogP contribution in [0.2, 0.25) is 0 Å². The van der Waals surface area contributed by atoms with Crippen molar-refractivity contribution in [2.24, 2.45) is 0 Å². The van der Waals surface area contributed by atoms with Gasteiger partial charge >= 0.3 is 0 Å². The van der Waals surface area contributed by atoms with Crippen molar-refractivity contribution in [1.82, 2.24) is 0 Å². The van der Waals surface area contributed by atoms with E-state index in [1.165, 1.54) is 0 Å². The van der Waals surface area contributed by atoms with Crippen LogP contribution in [0, 0.1) is 11.3 Å². The Morgan fingerprint density at radius 3 is 3.00 bits per heavy atom. The van der Waals surface area contributed by atoms with Gasteiger partial charge in [-0.05, 0) is 25.1 Å². The topological polar surface area (TPSA) is 71.1 Å². The molecule has 0 atom stereocenters. The number of hydrogen-bond acceptors (Lipinski definition) is 4. The molecule has 0 fully saturated rings. The number of nitrogens with one attached hydrogen (secondary N) is 1. The van der Waals surface area contributed by atoms with Gasteiger partial charge in [0.1, 0.15) is 0 Å². The molecule has 4 nitrogen and oxygen atoms in total. The zero-order valence-corrected chi connectivity index (χ0v) is 8.79. The summed E-state index contributed by atoms with van der Waals surface area (Å²) in [6.07, 6.45) is 0. The standard InChI is InChI=1S/C11H15N3O/c1-2-15-6-5-14-11-7-9(8-12)3-4-10(11)13/h3-4,7,14H,2,5-6,13H2,1H3. The van der Waals surface area contributed by atoms with E-state index in [0.717, 1.165) is 5.69 Å². The minimum atomic E-state index is 0.600. The van der Waals surface area contributed by atoms with Crippen LogP contribution in [0.15, 0.2) is 18.2 Å². The summed E-state index contributed by atoms with van der Waals surface area (Å²) in [7, 11) is 0. The van der Waals surface area contributed by atoms with E-state index >= 15 is 0 Å². The monoisotopic (exact) mass is 205 g/mol. The third-order valence-electron chi connectivity index (χ3n) is 1.95. The van der Waals surface area contributed by atoms with Gasteiger partial charge in [0.2, 0.25) is 0 Å². The first-order valence-corrected chi connectivity index (χ1v) is 4.89. The van der Waals surface area contributed by atoms with Gasteiger partial charge in [0.15, 0.2) is 0 Å². The van der Waals surface area contributed by atoms with Gasteiger partial charge in [0.25, 0.3) is 0 Å². The number of anilines is 2. The van der Waals surface area contributed by atoms with Gasteiger partial charge in [-0.1, -0.05) is 0 Å². The number of nitrogens with two attached hydrogens (primary N) is 1. The molecule has 0 aliphatic heterocycles. The quantitative estimate of drug-likeness (QED) is 0.565. The van der Waals surface area contributed by atoms with Crippen molar-refractivity contribution in [1.29, 1.82) is 5.26 Å². The highest BCUT2D eigenvalue weighted by Crippen LogP contribution is 2.19. The molecule has 80 valence electrons. The third kappa shape index (κ3) is 3.49. The normalized spacial score (nSPS) is 9.60. The Labute approximate surface area is 89.7 Å². The highest BCUT2D eigenvalue weighted by molar-refractivity contribution is 5.68. The van der Waals surface area contributed by atoms with E-state index < -0.39 is 0 Å². The molecule has 1 aromatic rings. The smallest absolute Gasteiger partial charge is 0.0992 e. The van der Waals surface area contributed by atoms with Crippen molar-refractivity contribution in [3.8, 4) is 6.07 Å². The van der Waals surface area contributed by atoms with Crippen LogP contribution in [0.3, 0.4) is 0 Å². The summed E-state index contributed by atoms with van der Waals surface area (Å²) in [4.78, 5) is 0. The van der Waals surface area contributed by atoms with Gasteiger partial charge in [-0.3, -0.25) is 0 Å². The highest BCUT2D eigenvalue weighted by Gasteiger charge is 1.99. The molecule has 0 amide bonds. The Kier molecular flexibility index (Phi) is 4.45. The number of nitriles is 1. The molecule has 0 aromatic heterocycles. The van der Waals surface area contributed by atoms with E-state index in [-0.39, 0.29) is 0 Å². The zero-order chi connectivity index (χ0) is 11.1. The van der Waals surface area contributed by atoms with Crippen molar-refractivity contribution in [3.05, 3.63) is 23.8 Å². The molecule has 0 radical (unpaired) electrons. The first kappa shape index (κ1) is 11.3. The maximum atomic E-state index is 8.72. The lowest BCUT2D eigenvalue weighted by molar-refractivity contribution is 0.158. The molecule has 0 heterocycles. The maximum absolute atomic E-state index is 8.72. The Morgan fingerprint density at radius 2 is 2.33 bits per heavy atom. The lowest BCUT2D eigenvalue weighted by Gasteiger charge is -2.09. The van der Waals surface area contributed by atoms with Gasteiger partial charge in [-0.15, -0.1) is 0 Å². The van der Waals surface area contributed by atoms with Crippen LogP contribution in [0.4, 0.5) is 11.4 Å². The number of hydrogen-bond donors (Lipinski definition) is 2. The molecule has 3 N–H and O–H groups in total. The van der Waals surface area contributed by atoms with Gasteiger partial charge in [-0.25, -0.2) is 0 Å². The summed E-state index contributed by atoms with van der Waals surface area (Å²) < 4.78 is 5.18. The summed E-state index contributed by atoms with van der Waals surface area (Å²) in [5, 5.41) is 11.8. The van der Waals surface area contributed by atoms with Crippen LogP contribution in [0.5, 0.6) is 0 Å². The molecule has 0 aliphatic rings. The van der Waals surface area contributed by atoms with E-state index in [1.54, 1.807) is 18.2 Å². The lowest BCUT2D eigenvalue weighted by atomic mass is 10.2. The molecular formula is C11H15N3O. The molecule has 0 spiro atoms. The maximum Gasteiger partial charge on any atom is 0.0992 e. The van der Waals surface area contributed by atoms with Crippen molar-refractivity contribution < 1.29 is 4.74 Å². The van der Waals surface area contributed by atoms with Crippen molar-refractivity contribution >= 4 is 11.4 Å². The number of nitrogens with zero attached hydrogens (tertiary/aromatic N) is 1. The van der Waals surface area contributed by atoms with Crippen LogP contribution in [0.1, 0.15) is 12.5 Å². The summed E-state index contributed by atoms with van der Waals surface area (Å²) >= 11 is 0. The molecule has 0 saturated heterocycles. The van der Waals surface area contributed by atoms with E-state index in [4.69, 9.17) is 15.7 Å². The number of ether oxygens (including phenoxy) is 1. The number of rotatable bonds is 5. The minimum absolute atomic E-state index is 0.600. The average Bonchev–Trinajstić information content (AvgIpc) is 2.26. The second kappa shape index (κ2) is 5.89. The van der Waals surface area contributed by atoms with E-state index in [9.17, 15) is 0 Å². The minimum Gasteiger partial charge on any atom is -0.397 e. The molecule has 1 aromatic carbocycles. The predicted molar refractivity (Wildman–Crippen MR) is 60.6 cm³/mol. The van der Waals surface area contributed by atoms with Crippen LogP contribution >= 0.6 is 0 Å². The highest BCUT2D eigenvalue weighted by atomic mass is 16.5. The Hall–Kier alpha value is -1.73. The Bertz CT molecular complexity index is 357. The molecule has 15 heavy (non-hydrogen) atoms. The number of benzene rings is 1. The van der Waals surface area contributed by atoms with E-state index in [2.05, 4.69) is 11.4 Å². The van der Waals surface area contributed by atoms with E-state index in [1.807, 2.05) is 6.92 Å². The SMILES string of the molecule is CCOCCNc1cc(C#N)ccc1N.